The Labute approximate surface area is 147 Å². The highest BCUT2D eigenvalue weighted by Crippen LogP contribution is 2.23. The number of methoxy groups -OCH3 is 1. The summed E-state index contributed by atoms with van der Waals surface area (Å²) in [5, 5.41) is 5.95. The second-order valence-electron chi connectivity index (χ2n) is 6.46. The van der Waals surface area contributed by atoms with Crippen LogP contribution in [0.4, 0.5) is 15.0 Å². The van der Waals surface area contributed by atoms with Gasteiger partial charge in [-0.15, -0.1) is 0 Å². The minimum Gasteiger partial charge on any atom is -0.453 e. The van der Waals surface area contributed by atoms with Crippen molar-refractivity contribution in [3.05, 3.63) is 59.5 Å². The molecule has 6 heteroatoms. The number of amides is 1. The number of hydrogen-bond acceptors (Lipinski definition) is 4. The number of halogens is 1. The molecule has 1 amide bonds. The molecule has 0 fully saturated rings. The van der Waals surface area contributed by atoms with Crippen LogP contribution in [-0.4, -0.2) is 31.3 Å². The van der Waals surface area contributed by atoms with Crippen LogP contribution in [0.2, 0.25) is 0 Å². The fourth-order valence-electron chi connectivity index (χ4n) is 2.37. The summed E-state index contributed by atoms with van der Waals surface area (Å²) in [5.41, 5.74) is 1.94. The van der Waals surface area contributed by atoms with Crippen molar-refractivity contribution in [1.82, 2.24) is 10.3 Å². The van der Waals surface area contributed by atoms with Crippen LogP contribution in [0, 0.1) is 5.82 Å². The molecule has 134 valence electrons. The number of benzene rings is 1. The first-order valence-electron chi connectivity index (χ1n) is 8.17. The number of ether oxygens (including phenoxy) is 1. The van der Waals surface area contributed by atoms with Crippen LogP contribution < -0.4 is 10.6 Å². The zero-order chi connectivity index (χ0) is 18.3. The van der Waals surface area contributed by atoms with Crippen molar-refractivity contribution >= 4 is 11.9 Å². The van der Waals surface area contributed by atoms with E-state index in [0.29, 0.717) is 19.5 Å². The lowest BCUT2D eigenvalue weighted by Gasteiger charge is -2.26. The molecule has 0 bridgehead atoms. The normalized spacial score (nSPS) is 11.0. The van der Waals surface area contributed by atoms with Gasteiger partial charge in [0, 0.05) is 24.7 Å². The number of rotatable bonds is 7. The smallest absolute Gasteiger partial charge is 0.406 e. The molecule has 2 aromatic rings. The Balaban J connectivity index is 1.86. The molecule has 5 nitrogen and oxygen atoms in total. The van der Waals surface area contributed by atoms with E-state index in [1.54, 1.807) is 6.20 Å². The van der Waals surface area contributed by atoms with E-state index < -0.39 is 6.09 Å². The van der Waals surface area contributed by atoms with Gasteiger partial charge in [-0.3, -0.25) is 0 Å². The van der Waals surface area contributed by atoms with E-state index in [0.717, 1.165) is 16.9 Å². The molecule has 0 saturated carbocycles. The van der Waals surface area contributed by atoms with Crippen LogP contribution in [-0.2, 0) is 16.6 Å². The van der Waals surface area contributed by atoms with Gasteiger partial charge in [-0.25, -0.2) is 14.2 Å². The Hall–Kier alpha value is -2.63. The number of anilines is 1. The molecule has 0 radical (unpaired) electrons. The van der Waals surface area contributed by atoms with E-state index in [4.69, 9.17) is 0 Å². The maximum absolute atomic E-state index is 13.1. The molecular weight excluding hydrogens is 321 g/mol. The number of hydrogen-bond donors (Lipinski definition) is 2. The minimum absolute atomic E-state index is 0.154. The van der Waals surface area contributed by atoms with Gasteiger partial charge in [0.2, 0.25) is 0 Å². The van der Waals surface area contributed by atoms with Gasteiger partial charge < -0.3 is 15.4 Å². The Morgan fingerprint density at radius 2 is 1.92 bits per heavy atom. The third-order valence-corrected chi connectivity index (χ3v) is 4.03. The number of carbonyl (C=O) groups is 1. The van der Waals surface area contributed by atoms with Gasteiger partial charge >= 0.3 is 6.09 Å². The molecule has 0 spiro atoms. The Morgan fingerprint density at radius 3 is 2.52 bits per heavy atom. The predicted molar refractivity (Wildman–Crippen MR) is 96.3 cm³/mol. The van der Waals surface area contributed by atoms with Crippen molar-refractivity contribution in [2.45, 2.75) is 25.7 Å². The van der Waals surface area contributed by atoms with Gasteiger partial charge in [0.1, 0.15) is 11.6 Å². The Morgan fingerprint density at radius 1 is 1.20 bits per heavy atom. The fraction of sp³-hybridized carbons (Fsp3) is 0.368. The number of alkyl carbamates (subject to hydrolysis) is 1. The van der Waals surface area contributed by atoms with E-state index in [2.05, 4.69) is 34.2 Å². The zero-order valence-electron chi connectivity index (χ0n) is 14.8. The summed E-state index contributed by atoms with van der Waals surface area (Å²) in [5.74, 6) is 0.548. The molecule has 25 heavy (non-hydrogen) atoms. The summed E-state index contributed by atoms with van der Waals surface area (Å²) in [6, 6.07) is 10.5. The summed E-state index contributed by atoms with van der Waals surface area (Å²) < 4.78 is 17.6. The lowest BCUT2D eigenvalue weighted by molar-refractivity contribution is 0.171. The molecule has 0 saturated heterocycles. The summed E-state index contributed by atoms with van der Waals surface area (Å²) in [6.45, 7) is 5.37. The third-order valence-electron chi connectivity index (χ3n) is 4.03. The standard InChI is InChI=1S/C19H24FN3O2/c1-19(2,15-5-7-16(20)8-6-15)13-23-17-9-4-14(12-22-17)10-11-21-18(24)25-3/h4-9,12H,10-11,13H2,1-3H3,(H,21,24)(H,22,23). The van der Waals surface area contributed by atoms with Crippen LogP contribution in [0.15, 0.2) is 42.6 Å². The quantitative estimate of drug-likeness (QED) is 0.806. The first-order valence-corrected chi connectivity index (χ1v) is 8.17. The van der Waals surface area contributed by atoms with Crippen molar-refractivity contribution < 1.29 is 13.9 Å². The minimum atomic E-state index is -0.436. The maximum Gasteiger partial charge on any atom is 0.406 e. The topological polar surface area (TPSA) is 63.2 Å². The van der Waals surface area contributed by atoms with E-state index in [1.807, 2.05) is 24.3 Å². The summed E-state index contributed by atoms with van der Waals surface area (Å²) >= 11 is 0. The highest BCUT2D eigenvalue weighted by molar-refractivity contribution is 5.66. The number of aromatic nitrogens is 1. The molecule has 0 aliphatic carbocycles. The SMILES string of the molecule is COC(=O)NCCc1ccc(NCC(C)(C)c2ccc(F)cc2)nc1. The van der Waals surface area contributed by atoms with Crippen LogP contribution >= 0.6 is 0 Å². The van der Waals surface area contributed by atoms with Gasteiger partial charge in [-0.2, -0.15) is 0 Å². The lowest BCUT2D eigenvalue weighted by atomic mass is 9.84. The average molecular weight is 345 g/mol. The van der Waals surface area contributed by atoms with Gasteiger partial charge in [0.25, 0.3) is 0 Å². The van der Waals surface area contributed by atoms with Gasteiger partial charge in [-0.1, -0.05) is 32.0 Å². The number of nitrogens with zero attached hydrogens (tertiary/aromatic N) is 1. The maximum atomic E-state index is 13.1. The predicted octanol–water partition coefficient (Wildman–Crippen LogP) is 3.51. The molecule has 1 aromatic carbocycles. The van der Waals surface area contributed by atoms with Crippen LogP contribution in [0.1, 0.15) is 25.0 Å². The van der Waals surface area contributed by atoms with Crippen molar-refractivity contribution in [2.24, 2.45) is 0 Å². The Bertz CT molecular complexity index is 685. The first kappa shape index (κ1) is 18.7. The van der Waals surface area contributed by atoms with Gasteiger partial charge in [-0.05, 0) is 35.7 Å². The molecule has 0 atom stereocenters. The van der Waals surface area contributed by atoms with Crippen molar-refractivity contribution in [1.29, 1.82) is 0 Å². The molecule has 0 aliphatic rings. The summed E-state index contributed by atoms with van der Waals surface area (Å²) in [4.78, 5) is 15.4. The second-order valence-corrected chi connectivity index (χ2v) is 6.46. The molecule has 0 unspecified atom stereocenters. The zero-order valence-corrected chi connectivity index (χ0v) is 14.8. The van der Waals surface area contributed by atoms with Crippen LogP contribution in [0.5, 0.6) is 0 Å². The molecule has 1 heterocycles. The summed E-state index contributed by atoms with van der Waals surface area (Å²) in [7, 11) is 1.34. The van der Waals surface area contributed by atoms with E-state index in [1.165, 1.54) is 19.2 Å². The molecule has 0 aliphatic heterocycles. The van der Waals surface area contributed by atoms with Crippen molar-refractivity contribution in [3.63, 3.8) is 0 Å². The first-order chi connectivity index (χ1) is 11.9. The van der Waals surface area contributed by atoms with E-state index in [-0.39, 0.29) is 11.2 Å². The number of carbonyl (C=O) groups excluding carboxylic acids is 1. The number of nitrogens with one attached hydrogen (secondary N) is 2. The monoisotopic (exact) mass is 345 g/mol. The lowest BCUT2D eigenvalue weighted by Crippen LogP contribution is -2.28. The Kier molecular flexibility index (Phi) is 6.33. The van der Waals surface area contributed by atoms with Crippen molar-refractivity contribution in [2.75, 3.05) is 25.5 Å². The van der Waals surface area contributed by atoms with Gasteiger partial charge in [0.15, 0.2) is 0 Å². The third kappa shape index (κ3) is 5.74. The highest BCUT2D eigenvalue weighted by atomic mass is 19.1. The molecule has 2 rings (SSSR count). The number of pyridine rings is 1. The highest BCUT2D eigenvalue weighted by Gasteiger charge is 2.20. The van der Waals surface area contributed by atoms with Crippen LogP contribution in [0.25, 0.3) is 0 Å². The van der Waals surface area contributed by atoms with Crippen molar-refractivity contribution in [3.8, 4) is 0 Å². The molecule has 1 aromatic heterocycles. The van der Waals surface area contributed by atoms with Crippen LogP contribution in [0.3, 0.4) is 0 Å². The fourth-order valence-corrected chi connectivity index (χ4v) is 2.37. The second kappa shape index (κ2) is 8.46. The molecule has 2 N–H and O–H groups in total. The van der Waals surface area contributed by atoms with Gasteiger partial charge in [0.05, 0.1) is 7.11 Å². The van der Waals surface area contributed by atoms with E-state index >= 15 is 0 Å². The average Bonchev–Trinajstić information content (AvgIpc) is 2.61. The summed E-state index contributed by atoms with van der Waals surface area (Å²) in [6.07, 6.45) is 2.03. The largest absolute Gasteiger partial charge is 0.453 e. The van der Waals surface area contributed by atoms with E-state index in [9.17, 15) is 9.18 Å². The molecular formula is C19H24FN3O2.